The van der Waals surface area contributed by atoms with Crippen LogP contribution in [0.4, 0.5) is 4.79 Å². The highest BCUT2D eigenvalue weighted by atomic mass is 16.3. The van der Waals surface area contributed by atoms with E-state index in [9.17, 15) is 15.0 Å². The van der Waals surface area contributed by atoms with Crippen molar-refractivity contribution in [2.75, 3.05) is 26.2 Å². The molecule has 3 atom stereocenters. The second-order valence-electron chi connectivity index (χ2n) is 5.02. The summed E-state index contributed by atoms with van der Waals surface area (Å²) in [5, 5.41) is 18.8. The number of aliphatic hydroxyl groups is 2. The zero-order valence-corrected chi connectivity index (χ0v) is 9.67. The van der Waals surface area contributed by atoms with Crippen LogP contribution in [0.25, 0.3) is 0 Å². The quantitative estimate of drug-likeness (QED) is 0.607. The van der Waals surface area contributed by atoms with E-state index in [-0.39, 0.29) is 19.1 Å². The molecule has 2 amide bonds. The van der Waals surface area contributed by atoms with Crippen LogP contribution in [0.1, 0.15) is 19.8 Å². The number of carbonyl (C=O) groups is 1. The molecule has 5 nitrogen and oxygen atoms in total. The average molecular weight is 228 g/mol. The standard InChI is InChI=1S/C11H20N2O3/c1-8-3-2-4-12(5-8)11(16)13-6-9(14)10(15)7-13/h8-10,14-15H,2-7H2,1H3/t8?,9-,10+. The van der Waals surface area contributed by atoms with Crippen molar-refractivity contribution in [3.63, 3.8) is 0 Å². The van der Waals surface area contributed by atoms with Gasteiger partial charge in [-0.05, 0) is 18.8 Å². The number of nitrogens with zero attached hydrogens (tertiary/aromatic N) is 2. The third-order valence-corrected chi connectivity index (χ3v) is 3.46. The summed E-state index contributed by atoms with van der Waals surface area (Å²) in [6.07, 6.45) is 0.651. The Morgan fingerprint density at radius 1 is 1.12 bits per heavy atom. The lowest BCUT2D eigenvalue weighted by Crippen LogP contribution is -2.46. The van der Waals surface area contributed by atoms with E-state index in [1.165, 1.54) is 6.42 Å². The third kappa shape index (κ3) is 2.30. The lowest BCUT2D eigenvalue weighted by Gasteiger charge is -2.33. The molecule has 2 heterocycles. The first-order valence-corrected chi connectivity index (χ1v) is 5.98. The third-order valence-electron chi connectivity index (χ3n) is 3.46. The van der Waals surface area contributed by atoms with Crippen LogP contribution in [0.3, 0.4) is 0 Å². The molecule has 0 aliphatic carbocycles. The Kier molecular flexibility index (Phi) is 3.35. The number of likely N-dealkylation sites (tertiary alicyclic amines) is 2. The predicted octanol–water partition coefficient (Wildman–Crippen LogP) is -0.124. The van der Waals surface area contributed by atoms with E-state index in [2.05, 4.69) is 6.92 Å². The van der Waals surface area contributed by atoms with E-state index in [4.69, 9.17) is 0 Å². The number of β-amino-alcohol motifs (C(OH)–C–C–N with tert-alkyl or cyclic N) is 2. The van der Waals surface area contributed by atoms with Gasteiger partial charge in [0.25, 0.3) is 0 Å². The van der Waals surface area contributed by atoms with Crippen LogP contribution < -0.4 is 0 Å². The number of rotatable bonds is 0. The SMILES string of the molecule is CC1CCCN(C(=O)N2C[C@@H](O)[C@@H](O)C2)C1. The highest BCUT2D eigenvalue weighted by Gasteiger charge is 2.35. The highest BCUT2D eigenvalue weighted by molar-refractivity contribution is 5.75. The van der Waals surface area contributed by atoms with Gasteiger partial charge in [-0.25, -0.2) is 4.79 Å². The molecule has 2 N–H and O–H groups in total. The summed E-state index contributed by atoms with van der Waals surface area (Å²) in [6.45, 7) is 4.25. The van der Waals surface area contributed by atoms with Crippen molar-refractivity contribution in [3.05, 3.63) is 0 Å². The Bertz CT molecular complexity index is 255. The smallest absolute Gasteiger partial charge is 0.320 e. The van der Waals surface area contributed by atoms with Crippen molar-refractivity contribution in [1.29, 1.82) is 0 Å². The topological polar surface area (TPSA) is 64.0 Å². The second kappa shape index (κ2) is 4.59. The van der Waals surface area contributed by atoms with Crippen LogP contribution in [0.15, 0.2) is 0 Å². The number of aliphatic hydroxyl groups excluding tert-OH is 2. The van der Waals surface area contributed by atoms with Gasteiger partial charge in [0.05, 0.1) is 25.3 Å². The monoisotopic (exact) mass is 228 g/mol. The molecule has 0 spiro atoms. The molecule has 0 aromatic heterocycles. The van der Waals surface area contributed by atoms with Crippen molar-refractivity contribution in [3.8, 4) is 0 Å². The van der Waals surface area contributed by atoms with Crippen LogP contribution in [0, 0.1) is 5.92 Å². The molecule has 2 rings (SSSR count). The molecule has 92 valence electrons. The highest BCUT2D eigenvalue weighted by Crippen LogP contribution is 2.19. The van der Waals surface area contributed by atoms with E-state index < -0.39 is 12.2 Å². The van der Waals surface area contributed by atoms with Gasteiger partial charge in [-0.1, -0.05) is 6.92 Å². The molecule has 0 bridgehead atoms. The molecule has 0 radical (unpaired) electrons. The van der Waals surface area contributed by atoms with E-state index in [1.807, 2.05) is 4.90 Å². The molecule has 0 aromatic carbocycles. The summed E-state index contributed by atoms with van der Waals surface area (Å²) in [5.74, 6) is 0.551. The van der Waals surface area contributed by atoms with Gasteiger partial charge in [0.15, 0.2) is 0 Å². The Labute approximate surface area is 95.6 Å². The molecular formula is C11H20N2O3. The lowest BCUT2D eigenvalue weighted by atomic mass is 10.0. The van der Waals surface area contributed by atoms with Crippen LogP contribution in [-0.2, 0) is 0 Å². The number of carbonyl (C=O) groups excluding carboxylic acids is 1. The van der Waals surface area contributed by atoms with Crippen molar-refractivity contribution < 1.29 is 15.0 Å². The normalized spacial score (nSPS) is 35.6. The molecule has 1 unspecified atom stereocenters. The summed E-state index contributed by atoms with van der Waals surface area (Å²) < 4.78 is 0. The minimum atomic E-state index is -0.786. The molecule has 2 aliphatic rings. The van der Waals surface area contributed by atoms with Crippen LogP contribution in [0.5, 0.6) is 0 Å². The Hall–Kier alpha value is -0.810. The maximum absolute atomic E-state index is 12.1. The lowest BCUT2D eigenvalue weighted by molar-refractivity contribution is 0.0572. The maximum atomic E-state index is 12.1. The number of hydrogen-bond acceptors (Lipinski definition) is 3. The van der Waals surface area contributed by atoms with Gasteiger partial charge < -0.3 is 20.0 Å². The van der Waals surface area contributed by atoms with Gasteiger partial charge in [0.2, 0.25) is 0 Å². The number of piperidine rings is 1. The molecule has 0 aromatic rings. The molecule has 0 saturated carbocycles. The fourth-order valence-corrected chi connectivity index (χ4v) is 2.49. The molecule has 2 aliphatic heterocycles. The van der Waals surface area contributed by atoms with Gasteiger partial charge in [0.1, 0.15) is 0 Å². The Morgan fingerprint density at radius 3 is 2.31 bits per heavy atom. The van der Waals surface area contributed by atoms with Gasteiger partial charge in [0, 0.05) is 13.1 Å². The summed E-state index contributed by atoms with van der Waals surface area (Å²) in [6, 6.07) is -0.0397. The van der Waals surface area contributed by atoms with Gasteiger partial charge in [-0.2, -0.15) is 0 Å². The van der Waals surface area contributed by atoms with Crippen molar-refractivity contribution in [2.45, 2.75) is 32.0 Å². The minimum Gasteiger partial charge on any atom is -0.388 e. The summed E-state index contributed by atoms with van der Waals surface area (Å²) in [7, 11) is 0. The van der Waals surface area contributed by atoms with Crippen molar-refractivity contribution >= 4 is 6.03 Å². The fraction of sp³-hybridized carbons (Fsp3) is 0.909. The van der Waals surface area contributed by atoms with Crippen molar-refractivity contribution in [1.82, 2.24) is 9.80 Å². The van der Waals surface area contributed by atoms with Gasteiger partial charge in [-0.15, -0.1) is 0 Å². The Balaban J connectivity index is 1.92. The first-order chi connectivity index (χ1) is 7.58. The van der Waals surface area contributed by atoms with Crippen molar-refractivity contribution in [2.24, 2.45) is 5.92 Å². The number of amides is 2. The van der Waals surface area contributed by atoms with Crippen LogP contribution >= 0.6 is 0 Å². The Morgan fingerprint density at radius 2 is 1.75 bits per heavy atom. The average Bonchev–Trinajstić information content (AvgIpc) is 2.58. The van der Waals surface area contributed by atoms with E-state index in [1.54, 1.807) is 4.90 Å². The maximum Gasteiger partial charge on any atom is 0.320 e. The van der Waals surface area contributed by atoms with Crippen LogP contribution in [-0.4, -0.2) is 64.4 Å². The first kappa shape index (κ1) is 11.7. The molecule has 2 fully saturated rings. The molecule has 16 heavy (non-hydrogen) atoms. The molecule has 2 saturated heterocycles. The molecule has 5 heteroatoms. The summed E-state index contributed by atoms with van der Waals surface area (Å²) in [5.41, 5.74) is 0. The van der Waals surface area contributed by atoms with E-state index in [0.29, 0.717) is 5.92 Å². The molecular weight excluding hydrogens is 208 g/mol. The minimum absolute atomic E-state index is 0.0397. The van der Waals surface area contributed by atoms with Gasteiger partial charge in [-0.3, -0.25) is 0 Å². The number of hydrogen-bond donors (Lipinski definition) is 2. The summed E-state index contributed by atoms with van der Waals surface area (Å²) >= 11 is 0. The van der Waals surface area contributed by atoms with E-state index >= 15 is 0 Å². The largest absolute Gasteiger partial charge is 0.388 e. The zero-order valence-electron chi connectivity index (χ0n) is 9.67. The second-order valence-corrected chi connectivity index (χ2v) is 5.02. The fourth-order valence-electron chi connectivity index (χ4n) is 2.49. The van der Waals surface area contributed by atoms with Gasteiger partial charge >= 0.3 is 6.03 Å². The van der Waals surface area contributed by atoms with Crippen LogP contribution in [0.2, 0.25) is 0 Å². The van der Waals surface area contributed by atoms with E-state index in [0.717, 1.165) is 19.5 Å². The predicted molar refractivity (Wildman–Crippen MR) is 59.0 cm³/mol. The first-order valence-electron chi connectivity index (χ1n) is 5.98. The summed E-state index contributed by atoms with van der Waals surface area (Å²) in [4.78, 5) is 15.4. The zero-order chi connectivity index (χ0) is 11.7. The number of urea groups is 1.